The summed E-state index contributed by atoms with van der Waals surface area (Å²) in [4.78, 5) is 20.6. The minimum atomic E-state index is -1.47. The Labute approximate surface area is 56.1 Å². The van der Waals surface area contributed by atoms with Crippen LogP contribution < -0.4 is 0 Å². The highest BCUT2D eigenvalue weighted by Gasteiger charge is 2.14. The van der Waals surface area contributed by atoms with E-state index in [1.165, 1.54) is 12.3 Å². The Bertz CT molecular complexity index is 247. The second-order valence-corrected chi connectivity index (χ2v) is 1.65. The Morgan fingerprint density at radius 3 is 2.60 bits per heavy atom. The van der Waals surface area contributed by atoms with Gasteiger partial charge in [-0.1, -0.05) is 0 Å². The molecule has 0 unspecified atom stereocenters. The van der Waals surface area contributed by atoms with Gasteiger partial charge in [0.15, 0.2) is 0 Å². The number of carbonyl (C=O) groups is 2. The molecule has 1 N–H and O–H groups in total. The van der Waals surface area contributed by atoms with Gasteiger partial charge in [0, 0.05) is 0 Å². The number of furan rings is 1. The summed E-state index contributed by atoms with van der Waals surface area (Å²) in [5.41, 5.74) is 0.0625. The summed E-state index contributed by atoms with van der Waals surface area (Å²) in [6.07, 6.45) is 2.34. The van der Waals surface area contributed by atoms with Crippen molar-refractivity contribution in [1.29, 1.82) is 0 Å². The van der Waals surface area contributed by atoms with E-state index in [4.69, 9.17) is 5.11 Å². The predicted molar refractivity (Wildman–Crippen MR) is 30.7 cm³/mol. The largest absolute Gasteiger partial charge is 0.475 e. The average Bonchev–Trinajstić information content (AvgIpc) is 2.36. The molecule has 0 spiro atoms. The maximum absolute atomic E-state index is 10.5. The van der Waals surface area contributed by atoms with Crippen molar-refractivity contribution >= 4 is 11.8 Å². The lowest BCUT2D eigenvalue weighted by Crippen LogP contribution is -2.11. The third kappa shape index (κ3) is 1.05. The second-order valence-electron chi connectivity index (χ2n) is 1.65. The molecule has 0 aliphatic carbocycles. The van der Waals surface area contributed by atoms with Crippen LogP contribution in [-0.2, 0) is 4.79 Å². The molecule has 1 rings (SSSR count). The first kappa shape index (κ1) is 6.54. The molecule has 0 saturated heterocycles. The molecule has 10 heavy (non-hydrogen) atoms. The molecule has 1 heterocycles. The summed E-state index contributed by atoms with van der Waals surface area (Å²) in [6, 6.07) is 1.30. The fraction of sp³-hybridized carbons (Fsp3) is 0. The number of Topliss-reactive ketones (excluding diaryl/α,β-unsaturated/α-hetero) is 1. The predicted octanol–water partition coefficient (Wildman–Crippen LogP) is 0.547. The van der Waals surface area contributed by atoms with Crippen molar-refractivity contribution in [2.45, 2.75) is 0 Å². The van der Waals surface area contributed by atoms with E-state index in [2.05, 4.69) is 4.42 Å². The molecule has 0 atom stereocenters. The van der Waals surface area contributed by atoms with Crippen LogP contribution >= 0.6 is 0 Å². The lowest BCUT2D eigenvalue weighted by atomic mass is 10.2. The SMILES string of the molecule is O=C(O)C(=O)c1ccoc1. The molecule has 0 radical (unpaired) electrons. The number of ketones is 1. The van der Waals surface area contributed by atoms with Gasteiger partial charge in [0.1, 0.15) is 6.26 Å². The molecule has 0 aliphatic rings. The van der Waals surface area contributed by atoms with E-state index in [0.29, 0.717) is 0 Å². The summed E-state index contributed by atoms with van der Waals surface area (Å²) in [6.45, 7) is 0. The molecular weight excluding hydrogens is 136 g/mol. The van der Waals surface area contributed by atoms with Crippen LogP contribution in [0.5, 0.6) is 0 Å². The van der Waals surface area contributed by atoms with Gasteiger partial charge < -0.3 is 9.52 Å². The van der Waals surface area contributed by atoms with E-state index >= 15 is 0 Å². The first-order chi connectivity index (χ1) is 4.72. The van der Waals surface area contributed by atoms with E-state index in [0.717, 1.165) is 6.26 Å². The number of carbonyl (C=O) groups excluding carboxylic acids is 1. The molecule has 0 fully saturated rings. The van der Waals surface area contributed by atoms with Crippen molar-refractivity contribution in [3.8, 4) is 0 Å². The highest BCUT2D eigenvalue weighted by Crippen LogP contribution is 2.00. The van der Waals surface area contributed by atoms with Crippen molar-refractivity contribution in [2.75, 3.05) is 0 Å². The smallest absolute Gasteiger partial charge is 0.377 e. The number of carboxylic acids is 1. The molecule has 0 saturated carbocycles. The van der Waals surface area contributed by atoms with Gasteiger partial charge in [-0.05, 0) is 6.07 Å². The van der Waals surface area contributed by atoms with Crippen LogP contribution in [0.15, 0.2) is 23.0 Å². The molecule has 0 aromatic carbocycles. The minimum Gasteiger partial charge on any atom is -0.475 e. The van der Waals surface area contributed by atoms with Crippen molar-refractivity contribution in [3.63, 3.8) is 0 Å². The fourth-order valence-electron chi connectivity index (χ4n) is 0.517. The van der Waals surface area contributed by atoms with Crippen LogP contribution in [0, 0.1) is 0 Å². The van der Waals surface area contributed by atoms with Crippen molar-refractivity contribution in [3.05, 3.63) is 24.2 Å². The van der Waals surface area contributed by atoms with Crippen LogP contribution in [-0.4, -0.2) is 16.9 Å². The summed E-state index contributed by atoms with van der Waals surface area (Å²) in [5.74, 6) is -2.42. The molecule has 1 aromatic rings. The Balaban J connectivity index is 2.88. The quantitative estimate of drug-likeness (QED) is 0.481. The van der Waals surface area contributed by atoms with Gasteiger partial charge in [-0.25, -0.2) is 4.79 Å². The summed E-state index contributed by atoms with van der Waals surface area (Å²) >= 11 is 0. The molecular formula is C6H4O4. The highest BCUT2D eigenvalue weighted by atomic mass is 16.4. The first-order valence-corrected chi connectivity index (χ1v) is 2.51. The molecule has 0 amide bonds. The Kier molecular flexibility index (Phi) is 1.53. The van der Waals surface area contributed by atoms with Gasteiger partial charge in [-0.15, -0.1) is 0 Å². The first-order valence-electron chi connectivity index (χ1n) is 2.51. The fourth-order valence-corrected chi connectivity index (χ4v) is 0.517. The third-order valence-electron chi connectivity index (χ3n) is 0.978. The molecule has 0 aliphatic heterocycles. The Morgan fingerprint density at radius 2 is 2.20 bits per heavy atom. The van der Waals surface area contributed by atoms with Crippen LogP contribution in [0.1, 0.15) is 10.4 Å². The molecule has 0 bridgehead atoms. The zero-order valence-corrected chi connectivity index (χ0v) is 4.90. The molecule has 52 valence electrons. The van der Waals surface area contributed by atoms with Crippen LogP contribution in [0.3, 0.4) is 0 Å². The number of hydrogen-bond donors (Lipinski definition) is 1. The van der Waals surface area contributed by atoms with Crippen molar-refractivity contribution in [1.82, 2.24) is 0 Å². The van der Waals surface area contributed by atoms with E-state index in [9.17, 15) is 9.59 Å². The summed E-state index contributed by atoms with van der Waals surface area (Å²) in [5, 5.41) is 8.16. The Morgan fingerprint density at radius 1 is 1.50 bits per heavy atom. The van der Waals surface area contributed by atoms with Gasteiger partial charge in [0.2, 0.25) is 0 Å². The van der Waals surface area contributed by atoms with Crippen LogP contribution in [0.25, 0.3) is 0 Å². The number of aliphatic carboxylic acids is 1. The second kappa shape index (κ2) is 2.34. The average molecular weight is 140 g/mol. The van der Waals surface area contributed by atoms with Gasteiger partial charge in [0.05, 0.1) is 11.8 Å². The zero-order valence-electron chi connectivity index (χ0n) is 4.90. The summed E-state index contributed by atoms with van der Waals surface area (Å²) in [7, 11) is 0. The number of carboxylic acid groups (broad SMARTS) is 1. The van der Waals surface area contributed by atoms with E-state index in [-0.39, 0.29) is 5.56 Å². The van der Waals surface area contributed by atoms with Crippen LogP contribution in [0.2, 0.25) is 0 Å². The van der Waals surface area contributed by atoms with E-state index in [1.807, 2.05) is 0 Å². The lowest BCUT2D eigenvalue weighted by molar-refractivity contribution is -0.131. The van der Waals surface area contributed by atoms with E-state index in [1.54, 1.807) is 0 Å². The summed E-state index contributed by atoms with van der Waals surface area (Å²) < 4.78 is 4.50. The molecule has 4 heteroatoms. The number of hydrogen-bond acceptors (Lipinski definition) is 3. The van der Waals surface area contributed by atoms with Crippen molar-refractivity contribution in [2.24, 2.45) is 0 Å². The maximum Gasteiger partial charge on any atom is 0.377 e. The van der Waals surface area contributed by atoms with Gasteiger partial charge >= 0.3 is 5.97 Å². The van der Waals surface area contributed by atoms with E-state index < -0.39 is 11.8 Å². The van der Waals surface area contributed by atoms with Crippen LogP contribution in [0.4, 0.5) is 0 Å². The normalized spacial score (nSPS) is 9.20. The topological polar surface area (TPSA) is 67.5 Å². The number of rotatable bonds is 2. The highest BCUT2D eigenvalue weighted by molar-refractivity contribution is 6.39. The van der Waals surface area contributed by atoms with Crippen molar-refractivity contribution < 1.29 is 19.1 Å². The maximum atomic E-state index is 10.5. The molecule has 4 nitrogen and oxygen atoms in total. The monoisotopic (exact) mass is 140 g/mol. The van der Waals surface area contributed by atoms with Gasteiger partial charge in [-0.3, -0.25) is 4.79 Å². The zero-order chi connectivity index (χ0) is 7.56. The standard InChI is InChI=1S/C6H4O4/c7-5(6(8)9)4-1-2-10-3-4/h1-3H,(H,8,9). The van der Waals surface area contributed by atoms with Gasteiger partial charge in [0.25, 0.3) is 5.78 Å². The third-order valence-corrected chi connectivity index (χ3v) is 0.978. The Hall–Kier alpha value is -1.58. The van der Waals surface area contributed by atoms with Gasteiger partial charge in [-0.2, -0.15) is 0 Å². The molecule has 1 aromatic heterocycles. The minimum absolute atomic E-state index is 0.0625. The lowest BCUT2D eigenvalue weighted by Gasteiger charge is -1.84.